The number of aliphatic hydroxyl groups excluding tert-OH is 1. The molecule has 0 bridgehead atoms. The van der Waals surface area contributed by atoms with Gasteiger partial charge >= 0.3 is 0 Å². The van der Waals surface area contributed by atoms with Gasteiger partial charge in [-0.25, -0.2) is 4.68 Å². The summed E-state index contributed by atoms with van der Waals surface area (Å²) in [6, 6.07) is 5.11. The van der Waals surface area contributed by atoms with Crippen LogP contribution < -0.4 is 20.9 Å². The van der Waals surface area contributed by atoms with Crippen molar-refractivity contribution >= 4 is 11.6 Å². The molecule has 3 heterocycles. The lowest BCUT2D eigenvalue weighted by Crippen LogP contribution is -2.57. The fraction of sp³-hybridized carbons (Fsp3) is 0.545. The van der Waals surface area contributed by atoms with Crippen LogP contribution in [0.25, 0.3) is 0 Å². The third-order valence-electron chi connectivity index (χ3n) is 6.82. The summed E-state index contributed by atoms with van der Waals surface area (Å²) in [5.74, 6) is 0.735. The van der Waals surface area contributed by atoms with Gasteiger partial charge < -0.3 is 20.5 Å². The Morgan fingerprint density at radius 2 is 2.07 bits per heavy atom. The van der Waals surface area contributed by atoms with Crippen LogP contribution in [0.15, 0.2) is 29.2 Å². The SMILES string of the molecule is Cn1ccc(=O)n1CCNC1c2cc3c(cc2OC2(CCCCC2)C1O)CC(=O)N3. The van der Waals surface area contributed by atoms with Crippen LogP contribution in [0.3, 0.4) is 0 Å². The number of aliphatic hydroxyl groups is 1. The Kier molecular flexibility index (Phi) is 4.71. The fourth-order valence-electron chi connectivity index (χ4n) is 5.21. The van der Waals surface area contributed by atoms with Crippen molar-refractivity contribution in [3.05, 3.63) is 45.9 Å². The zero-order valence-electron chi connectivity index (χ0n) is 17.2. The number of rotatable bonds is 4. The normalized spacial score (nSPS) is 24.3. The molecule has 5 rings (SSSR count). The van der Waals surface area contributed by atoms with Gasteiger partial charge in [-0.1, -0.05) is 6.42 Å². The zero-order valence-corrected chi connectivity index (χ0v) is 17.2. The van der Waals surface area contributed by atoms with Crippen molar-refractivity contribution < 1.29 is 14.6 Å². The number of benzene rings is 1. The summed E-state index contributed by atoms with van der Waals surface area (Å²) < 4.78 is 9.88. The second-order valence-corrected chi connectivity index (χ2v) is 8.73. The molecule has 3 N–H and O–H groups in total. The Labute approximate surface area is 174 Å². The quantitative estimate of drug-likeness (QED) is 0.707. The van der Waals surface area contributed by atoms with Crippen LogP contribution in [0.5, 0.6) is 5.75 Å². The Morgan fingerprint density at radius 3 is 2.80 bits per heavy atom. The molecular formula is C22H28N4O4. The number of anilines is 1. The molecule has 1 aliphatic carbocycles. The standard InChI is InChI=1S/C22H28N4O4/c1-25-9-5-19(28)26(25)10-8-23-20-15-13-16-14(12-18(27)24-16)11-17(15)30-22(21(20)29)6-3-2-4-7-22/h5,9,11,13,20-21,23,29H,2-4,6-8,10,12H2,1H3,(H,24,27). The highest BCUT2D eigenvalue weighted by molar-refractivity contribution is 5.99. The van der Waals surface area contributed by atoms with Gasteiger partial charge in [-0.2, -0.15) is 0 Å². The van der Waals surface area contributed by atoms with Crippen LogP contribution in [0, 0.1) is 0 Å². The van der Waals surface area contributed by atoms with Crippen molar-refractivity contribution in [2.24, 2.45) is 7.05 Å². The molecule has 0 radical (unpaired) electrons. The Hall–Kier alpha value is -2.58. The van der Waals surface area contributed by atoms with E-state index in [9.17, 15) is 14.7 Å². The number of ether oxygens (including phenoxy) is 1. The summed E-state index contributed by atoms with van der Waals surface area (Å²) in [4.78, 5) is 23.9. The molecule has 1 spiro atoms. The van der Waals surface area contributed by atoms with E-state index in [1.807, 2.05) is 19.2 Å². The van der Waals surface area contributed by atoms with E-state index in [0.717, 1.165) is 54.7 Å². The van der Waals surface area contributed by atoms with E-state index in [2.05, 4.69) is 10.6 Å². The lowest BCUT2D eigenvalue weighted by molar-refractivity contribution is -0.115. The molecular weight excluding hydrogens is 384 g/mol. The van der Waals surface area contributed by atoms with Gasteiger partial charge in [0.15, 0.2) is 0 Å². The van der Waals surface area contributed by atoms with Gasteiger partial charge in [-0.15, -0.1) is 0 Å². The number of carbonyl (C=O) groups excluding carboxylic acids is 1. The molecule has 3 aliphatic rings. The molecule has 8 heteroatoms. The maximum absolute atomic E-state index is 12.0. The number of amides is 1. The van der Waals surface area contributed by atoms with Crippen molar-refractivity contribution in [2.45, 2.75) is 62.8 Å². The van der Waals surface area contributed by atoms with Crippen LogP contribution in [-0.2, 0) is 24.8 Å². The predicted octanol–water partition coefficient (Wildman–Crippen LogP) is 1.47. The molecule has 2 atom stereocenters. The van der Waals surface area contributed by atoms with Gasteiger partial charge in [0.05, 0.1) is 19.0 Å². The summed E-state index contributed by atoms with van der Waals surface area (Å²) in [6.07, 6.45) is 6.24. The minimum Gasteiger partial charge on any atom is -0.484 e. The fourth-order valence-corrected chi connectivity index (χ4v) is 5.21. The maximum Gasteiger partial charge on any atom is 0.266 e. The summed E-state index contributed by atoms with van der Waals surface area (Å²) in [7, 11) is 1.84. The maximum atomic E-state index is 12.0. The van der Waals surface area contributed by atoms with Crippen LogP contribution in [-0.4, -0.2) is 38.6 Å². The van der Waals surface area contributed by atoms with Crippen LogP contribution >= 0.6 is 0 Å². The molecule has 2 aromatic rings. The average Bonchev–Trinajstić information content (AvgIpc) is 3.25. The first-order valence-electron chi connectivity index (χ1n) is 10.8. The lowest BCUT2D eigenvalue weighted by Gasteiger charge is -2.48. The largest absolute Gasteiger partial charge is 0.484 e. The first kappa shape index (κ1) is 19.4. The van der Waals surface area contributed by atoms with Crippen molar-refractivity contribution in [1.82, 2.24) is 14.7 Å². The first-order valence-corrected chi connectivity index (χ1v) is 10.8. The van der Waals surface area contributed by atoms with Gasteiger partial charge in [0.25, 0.3) is 5.56 Å². The van der Waals surface area contributed by atoms with E-state index in [1.54, 1.807) is 21.6 Å². The summed E-state index contributed by atoms with van der Waals surface area (Å²) in [5, 5.41) is 17.8. The van der Waals surface area contributed by atoms with E-state index >= 15 is 0 Å². The van der Waals surface area contributed by atoms with Crippen molar-refractivity contribution in [2.75, 3.05) is 11.9 Å². The Balaban J connectivity index is 1.46. The molecule has 1 aromatic heterocycles. The molecule has 2 aliphatic heterocycles. The number of nitrogens with one attached hydrogen (secondary N) is 2. The van der Waals surface area contributed by atoms with Gasteiger partial charge in [-0.05, 0) is 43.4 Å². The second kappa shape index (κ2) is 7.28. The van der Waals surface area contributed by atoms with Gasteiger partial charge in [0.2, 0.25) is 5.91 Å². The molecule has 0 saturated heterocycles. The van der Waals surface area contributed by atoms with Crippen LogP contribution in [0.1, 0.15) is 49.3 Å². The summed E-state index contributed by atoms with van der Waals surface area (Å²) in [6.45, 7) is 1.02. The molecule has 1 fully saturated rings. The van der Waals surface area contributed by atoms with Crippen LogP contribution in [0.2, 0.25) is 0 Å². The number of aromatic nitrogens is 2. The number of carbonyl (C=O) groups is 1. The van der Waals surface area contributed by atoms with Gasteiger partial charge in [0.1, 0.15) is 17.5 Å². The Bertz CT molecular complexity index is 1030. The number of hydrogen-bond acceptors (Lipinski definition) is 5. The zero-order chi connectivity index (χ0) is 20.9. The molecule has 1 saturated carbocycles. The minimum absolute atomic E-state index is 0.0205. The summed E-state index contributed by atoms with van der Waals surface area (Å²) >= 11 is 0. The van der Waals surface area contributed by atoms with E-state index in [1.165, 1.54) is 0 Å². The van der Waals surface area contributed by atoms with Gasteiger partial charge in [-0.3, -0.25) is 14.3 Å². The van der Waals surface area contributed by atoms with Crippen molar-refractivity contribution in [1.29, 1.82) is 0 Å². The highest BCUT2D eigenvalue weighted by Crippen LogP contribution is 2.48. The first-order chi connectivity index (χ1) is 14.5. The second-order valence-electron chi connectivity index (χ2n) is 8.73. The van der Waals surface area contributed by atoms with Crippen molar-refractivity contribution in [3.63, 3.8) is 0 Å². The highest BCUT2D eigenvalue weighted by Gasteiger charge is 2.50. The lowest BCUT2D eigenvalue weighted by atomic mass is 9.74. The third-order valence-corrected chi connectivity index (χ3v) is 6.82. The molecule has 1 aromatic carbocycles. The third kappa shape index (κ3) is 3.15. The topological polar surface area (TPSA) is 97.5 Å². The molecule has 8 nitrogen and oxygen atoms in total. The average molecular weight is 412 g/mol. The minimum atomic E-state index is -0.703. The van der Waals surface area contributed by atoms with Crippen molar-refractivity contribution in [3.8, 4) is 5.75 Å². The number of nitrogens with zero attached hydrogens (tertiary/aromatic N) is 2. The number of hydrogen-bond donors (Lipinski definition) is 3. The Morgan fingerprint density at radius 1 is 1.27 bits per heavy atom. The van der Waals surface area contributed by atoms with E-state index in [-0.39, 0.29) is 17.5 Å². The molecule has 30 heavy (non-hydrogen) atoms. The van der Waals surface area contributed by atoms with E-state index < -0.39 is 11.7 Å². The number of aryl methyl sites for hydroxylation is 1. The monoisotopic (exact) mass is 412 g/mol. The number of fused-ring (bicyclic) bond motifs is 2. The van der Waals surface area contributed by atoms with E-state index in [0.29, 0.717) is 19.5 Å². The predicted molar refractivity (Wildman–Crippen MR) is 112 cm³/mol. The van der Waals surface area contributed by atoms with Gasteiger partial charge in [0, 0.05) is 37.1 Å². The summed E-state index contributed by atoms with van der Waals surface area (Å²) in [5.41, 5.74) is 1.94. The smallest absolute Gasteiger partial charge is 0.266 e. The molecule has 160 valence electrons. The van der Waals surface area contributed by atoms with Crippen LogP contribution in [0.4, 0.5) is 5.69 Å². The highest BCUT2D eigenvalue weighted by atomic mass is 16.5. The molecule has 1 amide bonds. The van der Waals surface area contributed by atoms with E-state index in [4.69, 9.17) is 4.74 Å². The molecule has 2 unspecified atom stereocenters.